The van der Waals surface area contributed by atoms with Gasteiger partial charge in [-0.05, 0) is 31.5 Å². The molecule has 0 bridgehead atoms. The minimum Gasteiger partial charge on any atom is -0.216 e. The van der Waals surface area contributed by atoms with Gasteiger partial charge in [-0.25, -0.2) is 9.50 Å². The minimum absolute atomic E-state index is 0.803. The Balaban J connectivity index is 1.62. The summed E-state index contributed by atoms with van der Waals surface area (Å²) < 4.78 is 1.82. The van der Waals surface area contributed by atoms with Crippen LogP contribution in [0.1, 0.15) is 11.1 Å². The monoisotopic (exact) mass is 357 g/mol. The van der Waals surface area contributed by atoms with Crippen LogP contribution in [0.2, 0.25) is 0 Å². The van der Waals surface area contributed by atoms with E-state index in [1.54, 1.807) is 11.3 Å². The van der Waals surface area contributed by atoms with Crippen molar-refractivity contribution in [2.75, 3.05) is 0 Å². The second-order valence-electron chi connectivity index (χ2n) is 6.32. The predicted molar refractivity (Wildman–Crippen MR) is 104 cm³/mol. The zero-order valence-electron chi connectivity index (χ0n) is 14.3. The van der Waals surface area contributed by atoms with Gasteiger partial charge < -0.3 is 0 Å². The summed E-state index contributed by atoms with van der Waals surface area (Å²) in [5, 5.41) is 15.5. The molecule has 0 amide bonds. The first-order valence-corrected chi connectivity index (χ1v) is 9.16. The number of imidazole rings is 1. The molecule has 3 aromatic heterocycles. The third kappa shape index (κ3) is 2.38. The van der Waals surface area contributed by atoms with Gasteiger partial charge in [-0.2, -0.15) is 5.10 Å². The van der Waals surface area contributed by atoms with Gasteiger partial charge in [0.05, 0.1) is 11.7 Å². The van der Waals surface area contributed by atoms with Crippen molar-refractivity contribution >= 4 is 27.2 Å². The molecule has 0 aliphatic rings. The van der Waals surface area contributed by atoms with Crippen molar-refractivity contribution in [2.24, 2.45) is 0 Å². The van der Waals surface area contributed by atoms with Crippen LogP contribution in [-0.2, 0) is 0 Å². The highest BCUT2D eigenvalue weighted by molar-refractivity contribution is 7.19. The van der Waals surface area contributed by atoms with Crippen molar-refractivity contribution in [1.29, 1.82) is 0 Å². The molecular formula is C20H15N5S. The highest BCUT2D eigenvalue weighted by Crippen LogP contribution is 2.30. The van der Waals surface area contributed by atoms with Crippen LogP contribution in [0.15, 0.2) is 54.7 Å². The number of fused-ring (bicyclic) bond motifs is 2. The molecule has 0 aliphatic carbocycles. The zero-order chi connectivity index (χ0) is 17.7. The number of nitrogens with zero attached hydrogens (tertiary/aromatic N) is 5. The normalized spacial score (nSPS) is 11.5. The van der Waals surface area contributed by atoms with E-state index < -0.39 is 0 Å². The van der Waals surface area contributed by atoms with Gasteiger partial charge in [0.15, 0.2) is 0 Å². The van der Waals surface area contributed by atoms with Crippen LogP contribution in [0.5, 0.6) is 0 Å². The summed E-state index contributed by atoms with van der Waals surface area (Å²) in [5.74, 6) is 0. The third-order valence-corrected chi connectivity index (χ3v) is 5.45. The van der Waals surface area contributed by atoms with Gasteiger partial charge in [-0.1, -0.05) is 53.3 Å². The first-order chi connectivity index (χ1) is 12.7. The quantitative estimate of drug-likeness (QED) is 0.460. The first kappa shape index (κ1) is 15.2. The number of aromatic nitrogens is 5. The van der Waals surface area contributed by atoms with Crippen LogP contribution in [-0.4, -0.2) is 24.8 Å². The predicted octanol–water partition coefficient (Wildman–Crippen LogP) is 4.68. The zero-order valence-corrected chi connectivity index (χ0v) is 15.2. The molecule has 0 unspecified atom stereocenters. The van der Waals surface area contributed by atoms with Crippen LogP contribution in [0.3, 0.4) is 0 Å². The van der Waals surface area contributed by atoms with Gasteiger partial charge in [-0.3, -0.25) is 0 Å². The lowest BCUT2D eigenvalue weighted by atomic mass is 10.1. The van der Waals surface area contributed by atoms with E-state index in [9.17, 15) is 0 Å². The Morgan fingerprint density at radius 2 is 1.81 bits per heavy atom. The number of benzene rings is 2. The first-order valence-electron chi connectivity index (χ1n) is 8.35. The summed E-state index contributed by atoms with van der Waals surface area (Å²) in [5.41, 5.74) is 5.91. The number of hydrogen-bond acceptors (Lipinski definition) is 5. The smallest absolute Gasteiger partial charge is 0.213 e. The summed E-state index contributed by atoms with van der Waals surface area (Å²) in [6, 6.07) is 16.4. The number of rotatable bonds is 2. The lowest BCUT2D eigenvalue weighted by Gasteiger charge is -2.05. The van der Waals surface area contributed by atoms with Crippen molar-refractivity contribution in [1.82, 2.24) is 24.8 Å². The van der Waals surface area contributed by atoms with Crippen LogP contribution < -0.4 is 0 Å². The van der Waals surface area contributed by atoms with Crippen LogP contribution >= 0.6 is 11.3 Å². The van der Waals surface area contributed by atoms with Gasteiger partial charge >= 0.3 is 0 Å². The second kappa shape index (κ2) is 5.71. The Hall–Kier alpha value is -3.12. The highest BCUT2D eigenvalue weighted by atomic mass is 32.1. The fraction of sp³-hybridized carbons (Fsp3) is 0.100. The van der Waals surface area contributed by atoms with Gasteiger partial charge in [0.1, 0.15) is 16.4 Å². The molecule has 3 heterocycles. The molecule has 2 aromatic carbocycles. The SMILES string of the molecule is Cc1ccc2nnc(-c3cn4nc(-c5ccccc5)sc4n3)c(C)c2c1. The molecule has 5 aromatic rings. The molecule has 0 atom stereocenters. The van der Waals surface area contributed by atoms with Crippen molar-refractivity contribution in [3.05, 3.63) is 65.9 Å². The topological polar surface area (TPSA) is 56.0 Å². The van der Waals surface area contributed by atoms with Crippen molar-refractivity contribution in [3.8, 4) is 22.0 Å². The van der Waals surface area contributed by atoms with E-state index >= 15 is 0 Å². The van der Waals surface area contributed by atoms with E-state index in [2.05, 4.69) is 53.4 Å². The standard InChI is InChI=1S/C20H15N5S/c1-12-8-9-16-15(10-12)13(2)18(23-22-16)17-11-25-20(21-17)26-19(24-25)14-6-4-3-5-7-14/h3-11H,1-2H3. The van der Waals surface area contributed by atoms with Gasteiger partial charge in [-0.15, -0.1) is 10.2 Å². The Labute approximate surface area is 154 Å². The maximum Gasteiger partial charge on any atom is 0.213 e. The van der Waals surface area contributed by atoms with Gasteiger partial charge in [0, 0.05) is 10.9 Å². The Bertz CT molecular complexity index is 1220. The Kier molecular flexibility index (Phi) is 3.33. The summed E-state index contributed by atoms with van der Waals surface area (Å²) >= 11 is 1.57. The largest absolute Gasteiger partial charge is 0.216 e. The molecule has 0 spiro atoms. The molecule has 0 fully saturated rings. The van der Waals surface area contributed by atoms with E-state index in [4.69, 9.17) is 4.98 Å². The maximum absolute atomic E-state index is 4.74. The van der Waals surface area contributed by atoms with E-state index in [-0.39, 0.29) is 0 Å². The van der Waals surface area contributed by atoms with E-state index in [0.717, 1.165) is 43.4 Å². The lowest BCUT2D eigenvalue weighted by molar-refractivity contribution is 0.977. The second-order valence-corrected chi connectivity index (χ2v) is 7.28. The Morgan fingerprint density at radius 3 is 2.62 bits per heavy atom. The lowest BCUT2D eigenvalue weighted by Crippen LogP contribution is -1.95. The van der Waals surface area contributed by atoms with E-state index in [1.165, 1.54) is 5.56 Å². The Morgan fingerprint density at radius 1 is 0.962 bits per heavy atom. The molecular weight excluding hydrogens is 342 g/mol. The molecule has 0 saturated carbocycles. The molecule has 6 heteroatoms. The fourth-order valence-corrected chi connectivity index (χ4v) is 3.99. The van der Waals surface area contributed by atoms with Crippen molar-refractivity contribution < 1.29 is 0 Å². The van der Waals surface area contributed by atoms with Crippen molar-refractivity contribution in [3.63, 3.8) is 0 Å². The summed E-state index contributed by atoms with van der Waals surface area (Å²) in [6.07, 6.45) is 1.93. The molecule has 5 nitrogen and oxygen atoms in total. The molecule has 126 valence electrons. The highest BCUT2D eigenvalue weighted by Gasteiger charge is 2.15. The molecule has 5 rings (SSSR count). The molecule has 26 heavy (non-hydrogen) atoms. The maximum atomic E-state index is 4.74. The number of aryl methyl sites for hydroxylation is 2. The summed E-state index contributed by atoms with van der Waals surface area (Å²) in [4.78, 5) is 5.59. The van der Waals surface area contributed by atoms with Gasteiger partial charge in [0.25, 0.3) is 0 Å². The fourth-order valence-electron chi connectivity index (χ4n) is 3.10. The average molecular weight is 357 g/mol. The minimum atomic E-state index is 0.803. The molecule has 0 aliphatic heterocycles. The van der Waals surface area contributed by atoms with Crippen molar-refractivity contribution in [2.45, 2.75) is 13.8 Å². The third-order valence-electron chi connectivity index (χ3n) is 4.48. The van der Waals surface area contributed by atoms with E-state index in [1.807, 2.05) is 35.0 Å². The van der Waals surface area contributed by atoms with Crippen LogP contribution in [0.4, 0.5) is 0 Å². The summed E-state index contributed by atoms with van der Waals surface area (Å²) in [6.45, 7) is 4.16. The molecule has 0 saturated heterocycles. The molecule has 0 N–H and O–H groups in total. The summed E-state index contributed by atoms with van der Waals surface area (Å²) in [7, 11) is 0. The van der Waals surface area contributed by atoms with Gasteiger partial charge in [0.2, 0.25) is 4.96 Å². The average Bonchev–Trinajstić information content (AvgIpc) is 3.22. The number of hydrogen-bond donors (Lipinski definition) is 0. The van der Waals surface area contributed by atoms with Crippen LogP contribution in [0.25, 0.3) is 37.8 Å². The van der Waals surface area contributed by atoms with E-state index in [0.29, 0.717) is 0 Å². The van der Waals surface area contributed by atoms with Crippen LogP contribution in [0, 0.1) is 13.8 Å². The molecule has 0 radical (unpaired) electrons.